The van der Waals surface area contributed by atoms with E-state index in [4.69, 9.17) is 5.73 Å². The fourth-order valence-corrected chi connectivity index (χ4v) is 2.14. The SMILES string of the molecule is Cc1cc(-c2csc(CN)c2)ccn1. The van der Waals surface area contributed by atoms with Gasteiger partial charge in [-0.1, -0.05) is 0 Å². The molecule has 0 aromatic carbocycles. The van der Waals surface area contributed by atoms with E-state index in [1.54, 1.807) is 11.3 Å². The van der Waals surface area contributed by atoms with E-state index in [0.717, 1.165) is 5.69 Å². The Morgan fingerprint density at radius 2 is 2.21 bits per heavy atom. The molecule has 2 N–H and O–H groups in total. The van der Waals surface area contributed by atoms with Gasteiger partial charge in [-0.15, -0.1) is 11.3 Å². The minimum absolute atomic E-state index is 0.620. The maximum Gasteiger partial charge on any atom is 0.0378 e. The number of aromatic nitrogens is 1. The van der Waals surface area contributed by atoms with Gasteiger partial charge in [0.05, 0.1) is 0 Å². The van der Waals surface area contributed by atoms with Crippen LogP contribution in [0, 0.1) is 6.92 Å². The third-order valence-electron chi connectivity index (χ3n) is 2.08. The van der Waals surface area contributed by atoms with Crippen molar-refractivity contribution < 1.29 is 0 Å². The van der Waals surface area contributed by atoms with Crippen molar-refractivity contribution in [3.8, 4) is 11.1 Å². The van der Waals surface area contributed by atoms with Crippen LogP contribution in [0.1, 0.15) is 10.6 Å². The molecule has 2 aromatic heterocycles. The van der Waals surface area contributed by atoms with Crippen molar-refractivity contribution in [2.75, 3.05) is 0 Å². The molecule has 2 heterocycles. The minimum Gasteiger partial charge on any atom is -0.326 e. The number of thiophene rings is 1. The minimum atomic E-state index is 0.620. The summed E-state index contributed by atoms with van der Waals surface area (Å²) < 4.78 is 0. The Balaban J connectivity index is 2.39. The molecule has 0 atom stereocenters. The predicted molar refractivity (Wildman–Crippen MR) is 60.2 cm³/mol. The maximum absolute atomic E-state index is 5.57. The van der Waals surface area contributed by atoms with Crippen LogP contribution >= 0.6 is 11.3 Å². The van der Waals surface area contributed by atoms with Gasteiger partial charge in [0.1, 0.15) is 0 Å². The second kappa shape index (κ2) is 3.90. The Labute approximate surface area is 87.4 Å². The fourth-order valence-electron chi connectivity index (χ4n) is 1.36. The summed E-state index contributed by atoms with van der Waals surface area (Å²) >= 11 is 1.70. The van der Waals surface area contributed by atoms with Crippen LogP contribution in [0.25, 0.3) is 11.1 Å². The highest BCUT2D eigenvalue weighted by Crippen LogP contribution is 2.25. The lowest BCUT2D eigenvalue weighted by molar-refractivity contribution is 1.11. The summed E-state index contributed by atoms with van der Waals surface area (Å²) in [7, 11) is 0. The lowest BCUT2D eigenvalue weighted by Gasteiger charge is -1.97. The number of nitrogens with zero attached hydrogens (tertiary/aromatic N) is 1. The Morgan fingerprint density at radius 3 is 2.86 bits per heavy atom. The average molecular weight is 204 g/mol. The summed E-state index contributed by atoms with van der Waals surface area (Å²) in [6.45, 7) is 2.62. The van der Waals surface area contributed by atoms with E-state index in [1.807, 2.05) is 19.2 Å². The predicted octanol–water partition coefficient (Wildman–Crippen LogP) is 2.58. The maximum atomic E-state index is 5.57. The monoisotopic (exact) mass is 204 g/mol. The van der Waals surface area contributed by atoms with Crippen molar-refractivity contribution in [1.29, 1.82) is 0 Å². The molecular formula is C11H12N2S. The first kappa shape index (κ1) is 9.37. The van der Waals surface area contributed by atoms with Crippen molar-refractivity contribution >= 4 is 11.3 Å². The Morgan fingerprint density at radius 1 is 1.36 bits per heavy atom. The van der Waals surface area contributed by atoms with Crippen molar-refractivity contribution in [3.05, 3.63) is 40.3 Å². The summed E-state index contributed by atoms with van der Waals surface area (Å²) in [5.41, 5.74) is 9.07. The number of hydrogen-bond acceptors (Lipinski definition) is 3. The molecule has 0 aliphatic rings. The highest BCUT2D eigenvalue weighted by atomic mass is 32.1. The Hall–Kier alpha value is -1.19. The van der Waals surface area contributed by atoms with E-state index in [9.17, 15) is 0 Å². The molecule has 14 heavy (non-hydrogen) atoms. The van der Waals surface area contributed by atoms with Gasteiger partial charge in [-0.05, 0) is 41.6 Å². The molecule has 0 fully saturated rings. The van der Waals surface area contributed by atoms with Crippen molar-refractivity contribution in [2.45, 2.75) is 13.5 Å². The Kier molecular flexibility index (Phi) is 2.61. The van der Waals surface area contributed by atoms with Gasteiger partial charge in [0.15, 0.2) is 0 Å². The third kappa shape index (κ3) is 1.84. The zero-order chi connectivity index (χ0) is 9.97. The van der Waals surface area contributed by atoms with Gasteiger partial charge in [0, 0.05) is 23.3 Å². The molecule has 2 nitrogen and oxygen atoms in total. The summed E-state index contributed by atoms with van der Waals surface area (Å²) in [4.78, 5) is 5.39. The molecule has 2 aromatic rings. The lowest BCUT2D eigenvalue weighted by atomic mass is 10.1. The van der Waals surface area contributed by atoms with Crippen LogP contribution in [0.4, 0.5) is 0 Å². The molecule has 72 valence electrons. The van der Waals surface area contributed by atoms with E-state index >= 15 is 0 Å². The van der Waals surface area contributed by atoms with Gasteiger partial charge in [0.2, 0.25) is 0 Å². The van der Waals surface area contributed by atoms with Gasteiger partial charge in [0.25, 0.3) is 0 Å². The highest BCUT2D eigenvalue weighted by molar-refractivity contribution is 7.10. The van der Waals surface area contributed by atoms with Crippen molar-refractivity contribution in [3.63, 3.8) is 0 Å². The smallest absolute Gasteiger partial charge is 0.0378 e. The molecular weight excluding hydrogens is 192 g/mol. The standard InChI is InChI=1S/C11H12N2S/c1-8-4-9(2-3-13-8)10-5-11(6-12)14-7-10/h2-5,7H,6,12H2,1H3. The van der Waals surface area contributed by atoms with Crippen LogP contribution in [0.5, 0.6) is 0 Å². The largest absolute Gasteiger partial charge is 0.326 e. The van der Waals surface area contributed by atoms with E-state index in [1.165, 1.54) is 16.0 Å². The molecule has 0 amide bonds. The number of rotatable bonds is 2. The quantitative estimate of drug-likeness (QED) is 0.816. The molecule has 0 saturated heterocycles. The fraction of sp³-hybridized carbons (Fsp3) is 0.182. The van der Waals surface area contributed by atoms with Gasteiger partial charge < -0.3 is 5.73 Å². The first-order chi connectivity index (χ1) is 6.79. The zero-order valence-corrected chi connectivity index (χ0v) is 8.84. The van der Waals surface area contributed by atoms with E-state index in [-0.39, 0.29) is 0 Å². The summed E-state index contributed by atoms with van der Waals surface area (Å²) in [5.74, 6) is 0. The van der Waals surface area contributed by atoms with Crippen molar-refractivity contribution in [1.82, 2.24) is 4.98 Å². The first-order valence-corrected chi connectivity index (χ1v) is 5.38. The summed E-state index contributed by atoms with van der Waals surface area (Å²) in [5, 5.41) is 2.14. The van der Waals surface area contributed by atoms with Gasteiger partial charge in [-0.2, -0.15) is 0 Å². The molecule has 0 saturated carbocycles. The molecule has 0 bridgehead atoms. The van der Waals surface area contributed by atoms with E-state index in [0.29, 0.717) is 6.54 Å². The second-order valence-electron chi connectivity index (χ2n) is 3.19. The summed E-state index contributed by atoms with van der Waals surface area (Å²) in [6, 6.07) is 6.25. The highest BCUT2D eigenvalue weighted by Gasteiger charge is 2.01. The zero-order valence-electron chi connectivity index (χ0n) is 8.03. The molecule has 3 heteroatoms. The van der Waals surface area contributed by atoms with Crippen LogP contribution in [0.2, 0.25) is 0 Å². The van der Waals surface area contributed by atoms with Crippen LogP contribution < -0.4 is 5.73 Å². The van der Waals surface area contributed by atoms with Gasteiger partial charge in [-0.3, -0.25) is 4.98 Å². The number of aryl methyl sites for hydroxylation is 1. The molecule has 0 unspecified atom stereocenters. The molecule has 0 spiro atoms. The lowest BCUT2D eigenvalue weighted by Crippen LogP contribution is -1.91. The van der Waals surface area contributed by atoms with Crippen LogP contribution in [0.3, 0.4) is 0 Å². The normalized spacial score (nSPS) is 10.4. The van der Waals surface area contributed by atoms with E-state index < -0.39 is 0 Å². The molecule has 0 aliphatic heterocycles. The first-order valence-electron chi connectivity index (χ1n) is 4.50. The van der Waals surface area contributed by atoms with Gasteiger partial charge in [-0.25, -0.2) is 0 Å². The molecule has 2 rings (SSSR count). The van der Waals surface area contributed by atoms with Crippen LogP contribution in [-0.2, 0) is 6.54 Å². The van der Waals surface area contributed by atoms with Crippen LogP contribution in [0.15, 0.2) is 29.8 Å². The number of nitrogens with two attached hydrogens (primary N) is 1. The Bertz CT molecular complexity index is 434. The van der Waals surface area contributed by atoms with Crippen LogP contribution in [-0.4, -0.2) is 4.98 Å². The summed E-state index contributed by atoms with van der Waals surface area (Å²) in [6.07, 6.45) is 1.84. The second-order valence-corrected chi connectivity index (χ2v) is 4.19. The molecule has 0 radical (unpaired) electrons. The van der Waals surface area contributed by atoms with Gasteiger partial charge >= 0.3 is 0 Å². The number of pyridine rings is 1. The third-order valence-corrected chi connectivity index (χ3v) is 3.04. The topological polar surface area (TPSA) is 38.9 Å². The van der Waals surface area contributed by atoms with E-state index in [2.05, 4.69) is 22.5 Å². The van der Waals surface area contributed by atoms with Crippen molar-refractivity contribution in [2.24, 2.45) is 5.73 Å². The molecule has 0 aliphatic carbocycles. The average Bonchev–Trinajstić information content (AvgIpc) is 2.66. The number of hydrogen-bond donors (Lipinski definition) is 1.